The zero-order chi connectivity index (χ0) is 9.68. The Balaban J connectivity index is 2.28. The maximum Gasteiger partial charge on any atom is 0.0305 e. The van der Waals surface area contributed by atoms with Gasteiger partial charge >= 0.3 is 0 Å². The van der Waals surface area contributed by atoms with Crippen LogP contribution < -0.4 is 5.32 Å². The highest BCUT2D eigenvalue weighted by atomic mass is 32.1. The summed E-state index contributed by atoms with van der Waals surface area (Å²) in [6.07, 6.45) is 1.07. The molecule has 0 amide bonds. The average Bonchev–Trinajstić information content (AvgIpc) is 2.52. The third kappa shape index (κ3) is 3.33. The predicted octanol–water partition coefficient (Wildman–Crippen LogP) is 3.11. The Morgan fingerprint density at radius 1 is 1.62 bits per heavy atom. The normalized spacial score (nSPS) is 10.3. The van der Waals surface area contributed by atoms with Crippen molar-refractivity contribution in [2.45, 2.75) is 26.8 Å². The molecular weight excluding hydrogens is 178 g/mol. The van der Waals surface area contributed by atoms with Crippen LogP contribution in [0.5, 0.6) is 0 Å². The van der Waals surface area contributed by atoms with Crippen molar-refractivity contribution in [1.29, 1.82) is 0 Å². The number of rotatable bonds is 5. The van der Waals surface area contributed by atoms with Crippen LogP contribution in [0.1, 0.15) is 23.8 Å². The second-order valence-electron chi connectivity index (χ2n) is 3.23. The number of aryl methyl sites for hydroxylation is 1. The molecule has 0 radical (unpaired) electrons. The number of hydrogen-bond donors (Lipinski definition) is 1. The highest BCUT2D eigenvalue weighted by Crippen LogP contribution is 2.14. The van der Waals surface area contributed by atoms with E-state index in [0.717, 1.165) is 19.5 Å². The van der Waals surface area contributed by atoms with Gasteiger partial charge in [0, 0.05) is 18.0 Å². The van der Waals surface area contributed by atoms with Crippen molar-refractivity contribution in [2.75, 3.05) is 6.54 Å². The predicted molar refractivity (Wildman–Crippen MR) is 60.2 cm³/mol. The van der Waals surface area contributed by atoms with Crippen LogP contribution in [0.3, 0.4) is 0 Å². The van der Waals surface area contributed by atoms with E-state index in [9.17, 15) is 0 Å². The lowest BCUT2D eigenvalue weighted by Crippen LogP contribution is -2.15. The minimum absolute atomic E-state index is 0.938. The third-order valence-corrected chi connectivity index (χ3v) is 3.15. The lowest BCUT2D eigenvalue weighted by Gasteiger charge is -2.04. The summed E-state index contributed by atoms with van der Waals surface area (Å²) in [5, 5.41) is 5.53. The van der Waals surface area contributed by atoms with Crippen molar-refractivity contribution >= 4 is 11.3 Å². The zero-order valence-corrected chi connectivity index (χ0v) is 9.21. The Hall–Kier alpha value is -0.600. The smallest absolute Gasteiger partial charge is 0.0305 e. The van der Waals surface area contributed by atoms with Crippen molar-refractivity contribution in [3.63, 3.8) is 0 Å². The van der Waals surface area contributed by atoms with E-state index >= 15 is 0 Å². The highest BCUT2D eigenvalue weighted by molar-refractivity contribution is 7.10. The molecule has 1 aromatic rings. The van der Waals surface area contributed by atoms with E-state index in [-0.39, 0.29) is 0 Å². The van der Waals surface area contributed by atoms with Gasteiger partial charge in [-0.1, -0.05) is 19.1 Å². The van der Waals surface area contributed by atoms with Crippen LogP contribution in [0.25, 0.3) is 0 Å². The molecule has 1 nitrogen and oxygen atoms in total. The SMILES string of the molecule is C=C(CC)CNCc1sccc1C. The third-order valence-electron chi connectivity index (χ3n) is 2.13. The van der Waals surface area contributed by atoms with Crippen molar-refractivity contribution in [3.8, 4) is 0 Å². The number of thiophene rings is 1. The standard InChI is InChI=1S/C11H17NS/c1-4-9(2)7-12-8-11-10(3)5-6-13-11/h5-6,12H,2,4,7-8H2,1,3H3. The maximum absolute atomic E-state index is 3.96. The van der Waals surface area contributed by atoms with E-state index in [0.29, 0.717) is 0 Å². The van der Waals surface area contributed by atoms with Gasteiger partial charge in [-0.2, -0.15) is 0 Å². The summed E-state index contributed by atoms with van der Waals surface area (Å²) in [6, 6.07) is 2.16. The molecule has 1 aromatic heterocycles. The molecule has 0 spiro atoms. The highest BCUT2D eigenvalue weighted by Gasteiger charge is 1.98. The Bertz CT molecular complexity index is 275. The van der Waals surface area contributed by atoms with Gasteiger partial charge < -0.3 is 5.32 Å². The topological polar surface area (TPSA) is 12.0 Å². The van der Waals surface area contributed by atoms with E-state index < -0.39 is 0 Å². The molecular formula is C11H17NS. The van der Waals surface area contributed by atoms with E-state index in [1.165, 1.54) is 16.0 Å². The minimum atomic E-state index is 0.938. The molecule has 0 unspecified atom stereocenters. The molecule has 0 aliphatic heterocycles. The van der Waals surface area contributed by atoms with Gasteiger partial charge in [-0.3, -0.25) is 0 Å². The fraction of sp³-hybridized carbons (Fsp3) is 0.455. The fourth-order valence-electron chi connectivity index (χ4n) is 1.06. The van der Waals surface area contributed by atoms with Gasteiger partial charge in [0.2, 0.25) is 0 Å². The summed E-state index contributed by atoms with van der Waals surface area (Å²) >= 11 is 1.82. The van der Waals surface area contributed by atoms with E-state index in [1.807, 2.05) is 11.3 Å². The zero-order valence-electron chi connectivity index (χ0n) is 8.39. The van der Waals surface area contributed by atoms with Crippen LogP contribution in [0.2, 0.25) is 0 Å². The lowest BCUT2D eigenvalue weighted by molar-refractivity contribution is 0.733. The first-order chi connectivity index (χ1) is 6.24. The monoisotopic (exact) mass is 195 g/mol. The Labute approximate surface area is 84.5 Å². The summed E-state index contributed by atoms with van der Waals surface area (Å²) in [5.74, 6) is 0. The quantitative estimate of drug-likeness (QED) is 0.712. The second-order valence-corrected chi connectivity index (χ2v) is 4.23. The van der Waals surface area contributed by atoms with Gasteiger partial charge in [0.15, 0.2) is 0 Å². The molecule has 1 N–H and O–H groups in total. The van der Waals surface area contributed by atoms with Crippen LogP contribution >= 0.6 is 11.3 Å². The molecule has 0 aliphatic rings. The van der Waals surface area contributed by atoms with E-state index in [2.05, 4.69) is 37.2 Å². The van der Waals surface area contributed by atoms with Crippen LogP contribution in [-0.2, 0) is 6.54 Å². The van der Waals surface area contributed by atoms with Crippen LogP contribution in [0, 0.1) is 6.92 Å². The Morgan fingerprint density at radius 2 is 2.38 bits per heavy atom. The Kier molecular flexibility index (Phi) is 4.19. The molecule has 13 heavy (non-hydrogen) atoms. The summed E-state index contributed by atoms with van der Waals surface area (Å²) in [5.41, 5.74) is 2.66. The van der Waals surface area contributed by atoms with Crippen molar-refractivity contribution < 1.29 is 0 Å². The summed E-state index contributed by atoms with van der Waals surface area (Å²) in [6.45, 7) is 10.2. The molecule has 0 saturated heterocycles. The minimum Gasteiger partial charge on any atom is -0.308 e. The molecule has 1 rings (SSSR count). The first-order valence-electron chi connectivity index (χ1n) is 4.64. The summed E-state index contributed by atoms with van der Waals surface area (Å²) < 4.78 is 0. The van der Waals surface area contributed by atoms with Crippen molar-refractivity contribution in [2.24, 2.45) is 0 Å². The molecule has 0 bridgehead atoms. The number of hydrogen-bond acceptors (Lipinski definition) is 2. The second kappa shape index (κ2) is 5.20. The van der Waals surface area contributed by atoms with Gasteiger partial charge in [0.1, 0.15) is 0 Å². The first-order valence-corrected chi connectivity index (χ1v) is 5.52. The molecule has 0 aromatic carbocycles. The summed E-state index contributed by atoms with van der Waals surface area (Å²) in [4.78, 5) is 1.43. The summed E-state index contributed by atoms with van der Waals surface area (Å²) in [7, 11) is 0. The molecule has 0 aliphatic carbocycles. The van der Waals surface area contributed by atoms with E-state index in [4.69, 9.17) is 0 Å². The molecule has 2 heteroatoms. The maximum atomic E-state index is 3.96. The van der Waals surface area contributed by atoms with Crippen molar-refractivity contribution in [1.82, 2.24) is 5.32 Å². The molecule has 72 valence electrons. The molecule has 0 atom stereocenters. The van der Waals surface area contributed by atoms with Gasteiger partial charge in [-0.15, -0.1) is 11.3 Å². The van der Waals surface area contributed by atoms with Crippen LogP contribution in [0.4, 0.5) is 0 Å². The van der Waals surface area contributed by atoms with Gasteiger partial charge in [0.25, 0.3) is 0 Å². The lowest BCUT2D eigenvalue weighted by atomic mass is 10.2. The van der Waals surface area contributed by atoms with Gasteiger partial charge in [-0.25, -0.2) is 0 Å². The fourth-order valence-corrected chi connectivity index (χ4v) is 1.94. The Morgan fingerprint density at radius 3 is 2.92 bits per heavy atom. The van der Waals surface area contributed by atoms with Crippen LogP contribution in [-0.4, -0.2) is 6.54 Å². The molecule has 0 saturated carbocycles. The molecule has 0 fully saturated rings. The van der Waals surface area contributed by atoms with Crippen LogP contribution in [0.15, 0.2) is 23.6 Å². The largest absolute Gasteiger partial charge is 0.308 e. The van der Waals surface area contributed by atoms with Crippen molar-refractivity contribution in [3.05, 3.63) is 34.0 Å². The van der Waals surface area contributed by atoms with E-state index in [1.54, 1.807) is 0 Å². The first kappa shape index (κ1) is 10.5. The van der Waals surface area contributed by atoms with Gasteiger partial charge in [0.05, 0.1) is 0 Å². The van der Waals surface area contributed by atoms with Gasteiger partial charge in [-0.05, 0) is 30.4 Å². The molecule has 1 heterocycles. The number of nitrogens with one attached hydrogen (secondary N) is 1. The average molecular weight is 195 g/mol.